The number of alkyl halides is 3. The van der Waals surface area contributed by atoms with E-state index >= 15 is 0 Å². The number of fused-ring (bicyclic) bond motifs is 1. The van der Waals surface area contributed by atoms with Crippen LogP contribution in [0.25, 0.3) is 16.9 Å². The molecule has 1 aromatic carbocycles. The highest BCUT2D eigenvalue weighted by Crippen LogP contribution is 2.36. The average Bonchev–Trinajstić information content (AvgIpc) is 3.25. The average molecular weight is 472 g/mol. The molecule has 4 rings (SSSR count). The molecule has 0 aliphatic rings. The third-order valence-electron chi connectivity index (χ3n) is 4.97. The summed E-state index contributed by atoms with van der Waals surface area (Å²) in [5, 5.41) is 25.2. The Kier molecular flexibility index (Phi) is 6.52. The minimum Gasteiger partial charge on any atom is -0.394 e. The van der Waals surface area contributed by atoms with Crippen LogP contribution in [0.4, 0.5) is 19.0 Å². The van der Waals surface area contributed by atoms with Crippen LogP contribution in [0.2, 0.25) is 0 Å². The van der Waals surface area contributed by atoms with Crippen LogP contribution >= 0.6 is 0 Å². The maximum Gasteiger partial charge on any atom is 0.417 e. The van der Waals surface area contributed by atoms with Crippen molar-refractivity contribution in [3.63, 3.8) is 0 Å². The topological polar surface area (TPSA) is 126 Å². The summed E-state index contributed by atoms with van der Waals surface area (Å²) in [6, 6.07) is 7.92. The molecule has 0 aliphatic carbocycles. The summed E-state index contributed by atoms with van der Waals surface area (Å²) in [6.07, 6.45) is -0.808. The van der Waals surface area contributed by atoms with Crippen molar-refractivity contribution in [1.29, 1.82) is 0 Å². The fourth-order valence-corrected chi connectivity index (χ4v) is 3.30. The molecule has 1 amide bonds. The Morgan fingerprint density at radius 3 is 2.68 bits per heavy atom. The fourth-order valence-electron chi connectivity index (χ4n) is 3.30. The van der Waals surface area contributed by atoms with Crippen molar-refractivity contribution in [1.82, 2.24) is 24.6 Å². The van der Waals surface area contributed by atoms with E-state index in [-0.39, 0.29) is 41.4 Å². The molecule has 1 unspecified atom stereocenters. The molecule has 0 saturated carbocycles. The lowest BCUT2D eigenvalue weighted by Gasteiger charge is -2.12. The van der Waals surface area contributed by atoms with Gasteiger partial charge in [0.15, 0.2) is 17.2 Å². The van der Waals surface area contributed by atoms with Crippen molar-refractivity contribution in [2.75, 3.05) is 11.9 Å². The number of carbonyl (C=O) groups is 1. The van der Waals surface area contributed by atoms with E-state index in [1.54, 1.807) is 0 Å². The highest BCUT2D eigenvalue weighted by Gasteiger charge is 2.33. The number of nitrogens with zero attached hydrogens (tertiary/aromatic N) is 5. The van der Waals surface area contributed by atoms with Crippen LogP contribution in [-0.4, -0.2) is 53.4 Å². The highest BCUT2D eigenvalue weighted by atomic mass is 19.4. The number of aliphatic hydroxyl groups excluding tert-OH is 2. The van der Waals surface area contributed by atoms with E-state index in [2.05, 4.69) is 25.4 Å². The number of rotatable bonds is 7. The van der Waals surface area contributed by atoms with Gasteiger partial charge < -0.3 is 15.5 Å². The zero-order valence-electron chi connectivity index (χ0n) is 17.6. The summed E-state index contributed by atoms with van der Waals surface area (Å²) >= 11 is 0. The van der Waals surface area contributed by atoms with Gasteiger partial charge in [-0.05, 0) is 31.0 Å². The van der Waals surface area contributed by atoms with Gasteiger partial charge in [-0.3, -0.25) is 9.78 Å². The first kappa shape index (κ1) is 23.3. The minimum absolute atomic E-state index is 0.00996. The molecule has 3 N–H and O–H groups in total. The fraction of sp³-hybridized carbons (Fsp3) is 0.227. The Labute approximate surface area is 190 Å². The van der Waals surface area contributed by atoms with E-state index in [1.807, 2.05) is 0 Å². The minimum atomic E-state index is -4.57. The van der Waals surface area contributed by atoms with Crippen molar-refractivity contribution in [3.8, 4) is 11.3 Å². The monoisotopic (exact) mass is 472 g/mol. The van der Waals surface area contributed by atoms with Crippen LogP contribution < -0.4 is 5.32 Å². The number of hydrogen-bond donors (Lipinski definition) is 3. The number of aromatic nitrogens is 5. The number of imidazole rings is 1. The molecule has 12 heteroatoms. The lowest BCUT2D eigenvalue weighted by molar-refractivity contribution is -0.137. The number of aliphatic hydroxyl groups is 2. The standard InChI is InChI=1S/C22H19F3N6O3/c23-22(24,25)16-4-2-1-3-15(16)17-7-8-20-27-10-18(31(20)30-17)21(34)29-19-11-26-9-13(28-19)5-6-14(33)12-32/h1-4,7-11,14,32-33H,5-6,12H2,(H,28,29,34). The zero-order valence-corrected chi connectivity index (χ0v) is 17.6. The van der Waals surface area contributed by atoms with Gasteiger partial charge in [-0.25, -0.2) is 14.5 Å². The molecule has 0 saturated heterocycles. The second-order valence-corrected chi connectivity index (χ2v) is 7.40. The molecule has 9 nitrogen and oxygen atoms in total. The van der Waals surface area contributed by atoms with E-state index < -0.39 is 23.8 Å². The Balaban J connectivity index is 1.61. The SMILES string of the molecule is O=C(Nc1cncc(CCC(O)CO)n1)c1cnc2ccc(-c3ccccc3C(F)(F)F)nn12. The molecule has 0 aliphatic heterocycles. The van der Waals surface area contributed by atoms with Crippen LogP contribution in [0.3, 0.4) is 0 Å². The van der Waals surface area contributed by atoms with Gasteiger partial charge in [0.1, 0.15) is 0 Å². The van der Waals surface area contributed by atoms with Crippen LogP contribution in [0, 0.1) is 0 Å². The van der Waals surface area contributed by atoms with Gasteiger partial charge in [-0.1, -0.05) is 18.2 Å². The molecule has 4 aromatic rings. The van der Waals surface area contributed by atoms with Crippen molar-refractivity contribution in [2.24, 2.45) is 0 Å². The van der Waals surface area contributed by atoms with Crippen molar-refractivity contribution in [3.05, 3.63) is 71.9 Å². The number of anilines is 1. The second-order valence-electron chi connectivity index (χ2n) is 7.40. The van der Waals surface area contributed by atoms with E-state index in [0.717, 1.165) is 10.6 Å². The largest absolute Gasteiger partial charge is 0.417 e. The van der Waals surface area contributed by atoms with Crippen LogP contribution in [0.1, 0.15) is 28.2 Å². The molecule has 1 atom stereocenters. The van der Waals surface area contributed by atoms with Crippen molar-refractivity contribution >= 4 is 17.4 Å². The van der Waals surface area contributed by atoms with Gasteiger partial charge in [0.05, 0.1) is 42.1 Å². The van der Waals surface area contributed by atoms with Crippen LogP contribution in [0.5, 0.6) is 0 Å². The summed E-state index contributed by atoms with van der Waals surface area (Å²) in [5.41, 5.74) is -0.184. The summed E-state index contributed by atoms with van der Waals surface area (Å²) < 4.78 is 41.5. The molecule has 3 aromatic heterocycles. The smallest absolute Gasteiger partial charge is 0.394 e. The Morgan fingerprint density at radius 1 is 1.12 bits per heavy atom. The molecule has 0 spiro atoms. The molecule has 0 fully saturated rings. The van der Waals surface area contributed by atoms with E-state index in [9.17, 15) is 23.1 Å². The molecule has 0 bridgehead atoms. The first-order chi connectivity index (χ1) is 16.3. The Morgan fingerprint density at radius 2 is 1.91 bits per heavy atom. The molecule has 3 heterocycles. The highest BCUT2D eigenvalue weighted by molar-refractivity contribution is 6.02. The Hall–Kier alpha value is -3.90. The predicted molar refractivity (Wildman–Crippen MR) is 115 cm³/mol. The van der Waals surface area contributed by atoms with Gasteiger partial charge in [0.25, 0.3) is 5.91 Å². The second kappa shape index (κ2) is 9.53. The first-order valence-electron chi connectivity index (χ1n) is 10.2. The quantitative estimate of drug-likeness (QED) is 0.378. The summed E-state index contributed by atoms with van der Waals surface area (Å²) in [4.78, 5) is 25.2. The maximum atomic E-state index is 13.4. The van der Waals surface area contributed by atoms with Crippen molar-refractivity contribution < 1.29 is 28.2 Å². The Bertz CT molecular complexity index is 1320. The normalized spacial score (nSPS) is 12.6. The van der Waals surface area contributed by atoms with Crippen molar-refractivity contribution in [2.45, 2.75) is 25.1 Å². The number of nitrogens with one attached hydrogen (secondary N) is 1. The summed E-state index contributed by atoms with van der Waals surface area (Å²) in [5.74, 6) is -0.502. The van der Waals surface area contributed by atoms with Crippen LogP contribution in [0.15, 0.2) is 55.0 Å². The zero-order chi connectivity index (χ0) is 24.3. The third-order valence-corrected chi connectivity index (χ3v) is 4.97. The number of carbonyl (C=O) groups excluding carboxylic acids is 1. The maximum absolute atomic E-state index is 13.4. The van der Waals surface area contributed by atoms with Gasteiger partial charge in [0, 0.05) is 11.8 Å². The molecule has 176 valence electrons. The molecular formula is C22H19F3N6O3. The van der Waals surface area contributed by atoms with Gasteiger partial charge in [0.2, 0.25) is 0 Å². The number of hydrogen-bond acceptors (Lipinski definition) is 7. The number of benzene rings is 1. The van der Waals surface area contributed by atoms with E-state index in [1.165, 1.54) is 48.9 Å². The van der Waals surface area contributed by atoms with E-state index in [4.69, 9.17) is 5.11 Å². The summed E-state index contributed by atoms with van der Waals surface area (Å²) in [7, 11) is 0. The molecular weight excluding hydrogens is 453 g/mol. The van der Waals surface area contributed by atoms with Crippen LogP contribution in [-0.2, 0) is 12.6 Å². The number of amides is 1. The lowest BCUT2D eigenvalue weighted by Crippen LogP contribution is -2.17. The molecule has 34 heavy (non-hydrogen) atoms. The number of aryl methyl sites for hydroxylation is 1. The first-order valence-corrected chi connectivity index (χ1v) is 10.2. The van der Waals surface area contributed by atoms with E-state index in [0.29, 0.717) is 12.1 Å². The lowest BCUT2D eigenvalue weighted by atomic mass is 10.0. The summed E-state index contributed by atoms with van der Waals surface area (Å²) in [6.45, 7) is -0.374. The third kappa shape index (κ3) is 5.02. The number of halogens is 3. The van der Waals surface area contributed by atoms with Gasteiger partial charge in [-0.2, -0.15) is 18.3 Å². The van der Waals surface area contributed by atoms with Gasteiger partial charge >= 0.3 is 6.18 Å². The predicted octanol–water partition coefficient (Wildman–Crippen LogP) is 2.74. The van der Waals surface area contributed by atoms with Gasteiger partial charge in [-0.15, -0.1) is 0 Å². The molecule has 0 radical (unpaired) electrons.